The van der Waals surface area contributed by atoms with Gasteiger partial charge in [0.15, 0.2) is 0 Å². The summed E-state index contributed by atoms with van der Waals surface area (Å²) in [5.41, 5.74) is 0. The number of phosphoric ester groups is 1. The first-order valence-corrected chi connectivity index (χ1v) is 25.3. The number of likely N-dealkylation sites (N-methyl/N-ethyl adjacent to an activating group) is 1. The number of unbranched alkanes of at least 4 members (excludes halogenated alkanes) is 22. The summed E-state index contributed by atoms with van der Waals surface area (Å²) in [6.45, 7) is 5.26. The molecule has 0 aromatic rings. The van der Waals surface area contributed by atoms with Crippen molar-refractivity contribution < 1.29 is 37.3 Å². The number of hydrogen-bond acceptors (Lipinski definition) is 7. The number of allylic oxidation sites excluding steroid dienone is 8. The lowest BCUT2D eigenvalue weighted by Gasteiger charge is -2.28. The molecule has 58 heavy (non-hydrogen) atoms. The molecule has 0 saturated carbocycles. The van der Waals surface area contributed by atoms with Crippen molar-refractivity contribution in [2.24, 2.45) is 0 Å². The second-order valence-electron chi connectivity index (χ2n) is 17.1. The van der Waals surface area contributed by atoms with Gasteiger partial charge in [0.05, 0.1) is 34.4 Å². The monoisotopic (exact) mass is 838 g/mol. The molecule has 2 unspecified atom stereocenters. The topological polar surface area (TPSA) is 94.1 Å². The quantitative estimate of drug-likeness (QED) is 0.0198. The van der Waals surface area contributed by atoms with Gasteiger partial charge in [0.25, 0.3) is 7.82 Å². The van der Waals surface area contributed by atoms with E-state index in [1.165, 1.54) is 122 Å². The average Bonchev–Trinajstić information content (AvgIpc) is 3.18. The smallest absolute Gasteiger partial charge is 0.306 e. The van der Waals surface area contributed by atoms with Crippen LogP contribution in [0.1, 0.15) is 200 Å². The fraction of sp³-hybridized carbons (Fsp3) is 0.816. The number of quaternary nitrogens is 1. The fourth-order valence-electron chi connectivity index (χ4n) is 6.48. The van der Waals surface area contributed by atoms with E-state index in [4.69, 9.17) is 18.5 Å². The molecule has 0 amide bonds. The Balaban J connectivity index is 4.18. The van der Waals surface area contributed by atoms with Gasteiger partial charge in [0.2, 0.25) is 0 Å². The molecule has 0 aliphatic rings. The Bertz CT molecular complexity index is 1070. The van der Waals surface area contributed by atoms with Crippen molar-refractivity contribution >= 4 is 13.8 Å². The first-order valence-electron chi connectivity index (χ1n) is 23.9. The van der Waals surface area contributed by atoms with Crippen LogP contribution in [0.25, 0.3) is 0 Å². The standard InChI is InChI=1S/C49H92NO7P/c1-6-8-10-12-14-16-18-20-22-23-24-25-26-27-29-31-33-35-37-39-41-44-54-46-48(47-56-58(52,53)55-45-43-50(3,4)5)57-49(51)42-40-38-36-34-32-30-28-21-19-17-15-13-11-9-7-2/h9,11,15,17,21,28,32,34,48H,6-8,10,12-14,16,18-20,22-27,29-31,33,35-47H2,1-5H3/b11-9-,17-15-,28-21-,34-32-. The molecule has 8 nitrogen and oxygen atoms in total. The molecule has 2 atom stereocenters. The van der Waals surface area contributed by atoms with Gasteiger partial charge in [-0.1, -0.05) is 191 Å². The maximum absolute atomic E-state index is 12.7. The van der Waals surface area contributed by atoms with Gasteiger partial charge in [-0.05, 0) is 51.4 Å². The summed E-state index contributed by atoms with van der Waals surface area (Å²) in [6.07, 6.45) is 51.4. The van der Waals surface area contributed by atoms with Crippen LogP contribution in [-0.2, 0) is 27.9 Å². The van der Waals surface area contributed by atoms with E-state index in [0.29, 0.717) is 24.1 Å². The van der Waals surface area contributed by atoms with Gasteiger partial charge >= 0.3 is 5.97 Å². The minimum absolute atomic E-state index is 0.0178. The zero-order valence-corrected chi connectivity index (χ0v) is 39.4. The number of phosphoric acid groups is 1. The van der Waals surface area contributed by atoms with E-state index in [9.17, 15) is 14.3 Å². The van der Waals surface area contributed by atoms with Gasteiger partial charge in [-0.15, -0.1) is 0 Å². The lowest BCUT2D eigenvalue weighted by molar-refractivity contribution is -0.870. The molecule has 0 rings (SSSR count). The minimum Gasteiger partial charge on any atom is -0.756 e. The Hall–Kier alpha value is -1.54. The van der Waals surface area contributed by atoms with E-state index in [1.54, 1.807) is 0 Å². The van der Waals surface area contributed by atoms with E-state index in [2.05, 4.69) is 62.5 Å². The zero-order chi connectivity index (χ0) is 42.7. The van der Waals surface area contributed by atoms with Gasteiger partial charge in [-0.25, -0.2) is 0 Å². The molecule has 0 aliphatic heterocycles. The van der Waals surface area contributed by atoms with Crippen LogP contribution in [-0.4, -0.2) is 70.7 Å². The molecule has 9 heteroatoms. The number of esters is 1. The fourth-order valence-corrected chi connectivity index (χ4v) is 7.21. The van der Waals surface area contributed by atoms with Crippen molar-refractivity contribution in [3.8, 4) is 0 Å². The normalized spacial score (nSPS) is 14.1. The van der Waals surface area contributed by atoms with E-state index >= 15 is 0 Å². The number of hydrogen-bond donors (Lipinski definition) is 0. The molecule has 340 valence electrons. The highest BCUT2D eigenvalue weighted by molar-refractivity contribution is 7.45. The van der Waals surface area contributed by atoms with Gasteiger partial charge < -0.3 is 27.9 Å². The highest BCUT2D eigenvalue weighted by Gasteiger charge is 2.20. The Kier molecular flexibility index (Phi) is 41.0. The van der Waals surface area contributed by atoms with Crippen LogP contribution in [0.5, 0.6) is 0 Å². The summed E-state index contributed by atoms with van der Waals surface area (Å²) in [7, 11) is 1.33. The molecular formula is C49H92NO7P. The zero-order valence-electron chi connectivity index (χ0n) is 38.5. The molecule has 0 N–H and O–H groups in total. The molecule has 0 aromatic carbocycles. The van der Waals surface area contributed by atoms with Crippen molar-refractivity contribution in [2.45, 2.75) is 206 Å². The molecule has 0 aliphatic carbocycles. The lowest BCUT2D eigenvalue weighted by atomic mass is 10.0. The molecule has 0 radical (unpaired) electrons. The second kappa shape index (κ2) is 42.2. The third-order valence-electron chi connectivity index (χ3n) is 10.1. The van der Waals surface area contributed by atoms with Crippen LogP contribution in [0.2, 0.25) is 0 Å². The van der Waals surface area contributed by atoms with Crippen LogP contribution in [0.4, 0.5) is 0 Å². The summed E-state index contributed by atoms with van der Waals surface area (Å²) in [6, 6.07) is 0. The van der Waals surface area contributed by atoms with Gasteiger partial charge in [-0.3, -0.25) is 9.36 Å². The predicted octanol–water partition coefficient (Wildman–Crippen LogP) is 13.7. The maximum atomic E-state index is 12.7. The number of rotatable bonds is 44. The third-order valence-corrected chi connectivity index (χ3v) is 11.1. The predicted molar refractivity (Wildman–Crippen MR) is 245 cm³/mol. The van der Waals surface area contributed by atoms with Crippen LogP contribution in [0.15, 0.2) is 48.6 Å². The molecule has 0 spiro atoms. The molecular weight excluding hydrogens is 746 g/mol. The Morgan fingerprint density at radius 2 is 1.00 bits per heavy atom. The van der Waals surface area contributed by atoms with Gasteiger partial charge in [0.1, 0.15) is 19.3 Å². The van der Waals surface area contributed by atoms with Crippen LogP contribution < -0.4 is 4.89 Å². The van der Waals surface area contributed by atoms with Crippen LogP contribution >= 0.6 is 7.82 Å². The van der Waals surface area contributed by atoms with Crippen molar-refractivity contribution in [2.75, 3.05) is 54.1 Å². The number of carbonyl (C=O) groups is 1. The van der Waals surface area contributed by atoms with Crippen molar-refractivity contribution in [3.05, 3.63) is 48.6 Å². The van der Waals surface area contributed by atoms with E-state index in [0.717, 1.165) is 51.4 Å². The Morgan fingerprint density at radius 1 is 0.552 bits per heavy atom. The van der Waals surface area contributed by atoms with Crippen LogP contribution in [0.3, 0.4) is 0 Å². The number of carbonyl (C=O) groups excluding carboxylic acids is 1. The molecule has 0 heterocycles. The van der Waals surface area contributed by atoms with Gasteiger partial charge in [-0.2, -0.15) is 0 Å². The molecule has 0 saturated heterocycles. The summed E-state index contributed by atoms with van der Waals surface area (Å²) in [5.74, 6) is -0.372. The summed E-state index contributed by atoms with van der Waals surface area (Å²) in [5, 5.41) is 0. The second-order valence-corrected chi connectivity index (χ2v) is 18.5. The molecule has 0 aromatic heterocycles. The van der Waals surface area contributed by atoms with Crippen LogP contribution in [0, 0.1) is 0 Å². The minimum atomic E-state index is -4.54. The SMILES string of the molecule is CC/C=C\C/C=C\C/C=C\C/C=C\CCCCC(=O)OC(COCCCCCCCCCCCCCCCCCCCCCCC)COP(=O)([O-])OCC[N+](C)(C)C. The molecule has 0 fully saturated rings. The summed E-state index contributed by atoms with van der Waals surface area (Å²) < 4.78 is 34.6. The number of nitrogens with zero attached hydrogens (tertiary/aromatic N) is 1. The highest BCUT2D eigenvalue weighted by atomic mass is 31.2. The maximum Gasteiger partial charge on any atom is 0.306 e. The summed E-state index contributed by atoms with van der Waals surface area (Å²) in [4.78, 5) is 25.1. The lowest BCUT2D eigenvalue weighted by Crippen LogP contribution is -2.37. The average molecular weight is 838 g/mol. The van der Waals surface area contributed by atoms with Gasteiger partial charge in [0, 0.05) is 13.0 Å². The Labute approximate surface area is 358 Å². The van der Waals surface area contributed by atoms with Crippen molar-refractivity contribution in [1.82, 2.24) is 0 Å². The highest BCUT2D eigenvalue weighted by Crippen LogP contribution is 2.38. The molecule has 0 bridgehead atoms. The number of ether oxygens (including phenoxy) is 2. The summed E-state index contributed by atoms with van der Waals surface area (Å²) >= 11 is 0. The van der Waals surface area contributed by atoms with E-state index < -0.39 is 13.9 Å². The largest absolute Gasteiger partial charge is 0.756 e. The van der Waals surface area contributed by atoms with E-state index in [1.807, 2.05) is 21.1 Å². The third kappa shape index (κ3) is 45.5. The Morgan fingerprint density at radius 3 is 1.47 bits per heavy atom. The first kappa shape index (κ1) is 56.5. The van der Waals surface area contributed by atoms with Crippen molar-refractivity contribution in [1.29, 1.82) is 0 Å². The van der Waals surface area contributed by atoms with E-state index in [-0.39, 0.29) is 32.2 Å². The van der Waals surface area contributed by atoms with Crippen molar-refractivity contribution in [3.63, 3.8) is 0 Å². The first-order chi connectivity index (χ1) is 28.1.